The van der Waals surface area contributed by atoms with Crippen LogP contribution in [0.2, 0.25) is 0 Å². The standard InChI is InChI=1S/C23H27N3O5/c1-15-9-10-18(30-4)17(12-15)26-14-16(13-20(26)27)21(28)25(3)23(2,22(29)31-5)19-8-6-7-11-24-19/h6-12,16H,13-14H2,1-5H3/t16-,23+/m1/s1. The average Bonchev–Trinajstić information content (AvgIpc) is 3.18. The Bertz CT molecular complexity index is 994. The van der Waals surface area contributed by atoms with Gasteiger partial charge in [-0.1, -0.05) is 12.1 Å². The second kappa shape index (κ2) is 8.75. The molecular weight excluding hydrogens is 398 g/mol. The number of carbonyl (C=O) groups excluding carboxylic acids is 3. The van der Waals surface area contributed by atoms with Crippen molar-refractivity contribution < 1.29 is 23.9 Å². The smallest absolute Gasteiger partial charge is 0.337 e. The number of ether oxygens (including phenoxy) is 2. The van der Waals surface area contributed by atoms with Gasteiger partial charge in [-0.2, -0.15) is 0 Å². The summed E-state index contributed by atoms with van der Waals surface area (Å²) < 4.78 is 10.4. The van der Waals surface area contributed by atoms with Crippen molar-refractivity contribution in [1.82, 2.24) is 9.88 Å². The molecule has 2 aromatic rings. The highest BCUT2D eigenvalue weighted by molar-refractivity contribution is 6.02. The van der Waals surface area contributed by atoms with Gasteiger partial charge >= 0.3 is 5.97 Å². The molecule has 1 saturated heterocycles. The summed E-state index contributed by atoms with van der Waals surface area (Å²) in [5.74, 6) is -1.17. The molecule has 8 heteroatoms. The molecule has 3 rings (SSSR count). The third-order valence-corrected chi connectivity index (χ3v) is 5.85. The van der Waals surface area contributed by atoms with Gasteiger partial charge in [-0.25, -0.2) is 4.79 Å². The van der Waals surface area contributed by atoms with Gasteiger partial charge in [-0.3, -0.25) is 14.6 Å². The molecule has 31 heavy (non-hydrogen) atoms. The van der Waals surface area contributed by atoms with E-state index in [1.54, 1.807) is 49.4 Å². The summed E-state index contributed by atoms with van der Waals surface area (Å²) in [5, 5.41) is 0. The first-order chi connectivity index (χ1) is 14.7. The predicted molar refractivity (Wildman–Crippen MR) is 115 cm³/mol. The maximum atomic E-state index is 13.4. The summed E-state index contributed by atoms with van der Waals surface area (Å²) in [6.07, 6.45) is 1.60. The molecule has 2 amide bonds. The van der Waals surface area contributed by atoms with Crippen LogP contribution in [0.3, 0.4) is 0 Å². The Morgan fingerprint density at radius 3 is 2.58 bits per heavy atom. The highest BCUT2D eigenvalue weighted by Gasteiger charge is 2.48. The molecule has 0 unspecified atom stereocenters. The Labute approximate surface area is 181 Å². The number of likely N-dealkylation sites (N-methyl/N-ethyl adjacent to an activating group) is 1. The molecule has 0 saturated carbocycles. The van der Waals surface area contributed by atoms with Gasteiger partial charge in [0.2, 0.25) is 11.8 Å². The van der Waals surface area contributed by atoms with Crippen LogP contribution in [0, 0.1) is 12.8 Å². The maximum absolute atomic E-state index is 13.4. The van der Waals surface area contributed by atoms with Crippen LogP contribution in [-0.4, -0.2) is 55.5 Å². The molecule has 1 aliphatic heterocycles. The topological polar surface area (TPSA) is 89.0 Å². The maximum Gasteiger partial charge on any atom is 0.337 e. The lowest BCUT2D eigenvalue weighted by molar-refractivity contribution is -0.162. The summed E-state index contributed by atoms with van der Waals surface area (Å²) in [4.78, 5) is 46.1. The van der Waals surface area contributed by atoms with Crippen LogP contribution < -0.4 is 9.64 Å². The van der Waals surface area contributed by atoms with Gasteiger partial charge < -0.3 is 19.3 Å². The Morgan fingerprint density at radius 2 is 1.97 bits per heavy atom. The van der Waals surface area contributed by atoms with E-state index in [2.05, 4.69) is 4.98 Å². The summed E-state index contributed by atoms with van der Waals surface area (Å²) >= 11 is 0. The molecule has 1 fully saturated rings. The van der Waals surface area contributed by atoms with Crippen molar-refractivity contribution in [3.8, 4) is 5.75 Å². The van der Waals surface area contributed by atoms with Crippen molar-refractivity contribution >= 4 is 23.5 Å². The van der Waals surface area contributed by atoms with E-state index in [0.29, 0.717) is 17.1 Å². The van der Waals surface area contributed by atoms with E-state index in [-0.39, 0.29) is 24.8 Å². The minimum Gasteiger partial charge on any atom is -0.495 e. The van der Waals surface area contributed by atoms with Crippen LogP contribution in [0.1, 0.15) is 24.6 Å². The van der Waals surface area contributed by atoms with Crippen molar-refractivity contribution in [1.29, 1.82) is 0 Å². The molecule has 1 aromatic heterocycles. The van der Waals surface area contributed by atoms with Gasteiger partial charge in [-0.05, 0) is 43.7 Å². The third-order valence-electron chi connectivity index (χ3n) is 5.85. The van der Waals surface area contributed by atoms with Gasteiger partial charge in [0.1, 0.15) is 5.75 Å². The summed E-state index contributed by atoms with van der Waals surface area (Å²) in [7, 11) is 4.35. The summed E-state index contributed by atoms with van der Waals surface area (Å²) in [6, 6.07) is 10.7. The number of anilines is 1. The van der Waals surface area contributed by atoms with Crippen molar-refractivity contribution in [3.05, 3.63) is 53.9 Å². The minimum absolute atomic E-state index is 0.0414. The third kappa shape index (κ3) is 3.97. The molecule has 2 heterocycles. The second-order valence-corrected chi connectivity index (χ2v) is 7.76. The highest BCUT2D eigenvalue weighted by atomic mass is 16.5. The SMILES string of the molecule is COC(=O)[C@](C)(c1ccccn1)N(C)C(=O)[C@@H]1CC(=O)N(c2cc(C)ccc2OC)C1. The molecule has 1 aromatic carbocycles. The largest absolute Gasteiger partial charge is 0.495 e. The molecule has 164 valence electrons. The number of hydrogen-bond donors (Lipinski definition) is 0. The summed E-state index contributed by atoms with van der Waals surface area (Å²) in [5.41, 5.74) is 0.568. The van der Waals surface area contributed by atoms with Gasteiger partial charge in [-0.15, -0.1) is 0 Å². The highest BCUT2D eigenvalue weighted by Crippen LogP contribution is 2.36. The Morgan fingerprint density at radius 1 is 1.23 bits per heavy atom. The van der Waals surface area contributed by atoms with E-state index in [4.69, 9.17) is 9.47 Å². The zero-order valence-electron chi connectivity index (χ0n) is 18.4. The predicted octanol–water partition coefficient (Wildman–Crippen LogP) is 2.30. The van der Waals surface area contributed by atoms with E-state index in [9.17, 15) is 14.4 Å². The molecule has 8 nitrogen and oxygen atoms in total. The van der Waals surface area contributed by atoms with Crippen LogP contribution in [0.4, 0.5) is 5.69 Å². The van der Waals surface area contributed by atoms with Gasteiger partial charge in [0.15, 0.2) is 5.54 Å². The number of methoxy groups -OCH3 is 2. The van der Waals surface area contributed by atoms with E-state index < -0.39 is 17.4 Å². The van der Waals surface area contributed by atoms with E-state index in [1.165, 1.54) is 19.1 Å². The lowest BCUT2D eigenvalue weighted by atomic mass is 9.93. The fourth-order valence-electron chi connectivity index (χ4n) is 3.87. The lowest BCUT2D eigenvalue weighted by Crippen LogP contribution is -2.53. The number of aromatic nitrogens is 1. The van der Waals surface area contributed by atoms with Crippen LogP contribution in [0.15, 0.2) is 42.6 Å². The molecule has 0 bridgehead atoms. The Hall–Kier alpha value is -3.42. The van der Waals surface area contributed by atoms with E-state index in [1.807, 2.05) is 19.1 Å². The van der Waals surface area contributed by atoms with Crippen LogP contribution in [0.5, 0.6) is 5.75 Å². The number of aryl methyl sites for hydroxylation is 1. The first kappa shape index (κ1) is 22.3. The second-order valence-electron chi connectivity index (χ2n) is 7.76. The number of carbonyl (C=O) groups is 3. The number of benzene rings is 1. The van der Waals surface area contributed by atoms with Crippen molar-refractivity contribution in [2.45, 2.75) is 25.8 Å². The molecule has 0 spiro atoms. The van der Waals surface area contributed by atoms with Crippen molar-refractivity contribution in [2.75, 3.05) is 32.7 Å². The molecule has 0 aliphatic carbocycles. The molecule has 0 radical (unpaired) electrons. The molecule has 2 atom stereocenters. The van der Waals surface area contributed by atoms with Crippen molar-refractivity contribution in [2.24, 2.45) is 5.92 Å². The lowest BCUT2D eigenvalue weighted by Gasteiger charge is -2.37. The first-order valence-electron chi connectivity index (χ1n) is 9.96. The quantitative estimate of drug-likeness (QED) is 0.660. The number of esters is 1. The summed E-state index contributed by atoms with van der Waals surface area (Å²) in [6.45, 7) is 3.72. The number of hydrogen-bond acceptors (Lipinski definition) is 6. The molecule has 1 aliphatic rings. The normalized spacial score (nSPS) is 17.8. The zero-order chi connectivity index (χ0) is 22.8. The fraction of sp³-hybridized carbons (Fsp3) is 0.391. The zero-order valence-corrected chi connectivity index (χ0v) is 18.4. The van der Waals surface area contributed by atoms with E-state index in [0.717, 1.165) is 5.56 Å². The Kier molecular flexibility index (Phi) is 6.29. The van der Waals surface area contributed by atoms with Gasteiger partial charge in [0.05, 0.1) is 31.5 Å². The van der Waals surface area contributed by atoms with Crippen LogP contribution >= 0.6 is 0 Å². The van der Waals surface area contributed by atoms with Gasteiger partial charge in [0.25, 0.3) is 0 Å². The minimum atomic E-state index is -1.43. The number of amides is 2. The number of nitrogens with zero attached hydrogens (tertiary/aromatic N) is 3. The van der Waals surface area contributed by atoms with Crippen LogP contribution in [-0.2, 0) is 24.7 Å². The average molecular weight is 425 g/mol. The van der Waals surface area contributed by atoms with Crippen molar-refractivity contribution in [3.63, 3.8) is 0 Å². The first-order valence-corrected chi connectivity index (χ1v) is 9.96. The number of rotatable bonds is 6. The van der Waals surface area contributed by atoms with E-state index >= 15 is 0 Å². The van der Waals surface area contributed by atoms with Gasteiger partial charge in [0, 0.05) is 26.2 Å². The Balaban J connectivity index is 1.90. The van der Waals surface area contributed by atoms with Crippen LogP contribution in [0.25, 0.3) is 0 Å². The molecule has 0 N–H and O–H groups in total. The number of pyridine rings is 1. The molecular formula is C23H27N3O5. The fourth-order valence-corrected chi connectivity index (χ4v) is 3.87. The monoisotopic (exact) mass is 425 g/mol.